The topological polar surface area (TPSA) is 57.0 Å². The lowest BCUT2D eigenvalue weighted by atomic mass is 10.2. The van der Waals surface area contributed by atoms with E-state index in [0.29, 0.717) is 6.54 Å². The van der Waals surface area contributed by atoms with Gasteiger partial charge in [0.2, 0.25) is 0 Å². The number of carbonyl (C=O) groups is 1. The van der Waals surface area contributed by atoms with Gasteiger partial charge in [0, 0.05) is 6.54 Å². The van der Waals surface area contributed by atoms with Crippen molar-refractivity contribution in [3.8, 4) is 6.07 Å². The highest BCUT2D eigenvalue weighted by atomic mass is 35.5. The summed E-state index contributed by atoms with van der Waals surface area (Å²) < 4.78 is 0. The molecule has 0 aliphatic heterocycles. The molecule has 0 aliphatic carbocycles. The Hall–Kier alpha value is -2.09. The molecule has 6 heteroatoms. The zero-order valence-corrected chi connectivity index (χ0v) is 12.5. The molecular weight excluding hydrogens is 309 g/mol. The van der Waals surface area contributed by atoms with Crippen LogP contribution in [0.1, 0.15) is 16.1 Å². The van der Waals surface area contributed by atoms with E-state index in [2.05, 4.69) is 4.98 Å². The Kier molecular flexibility index (Phi) is 5.15. The number of nitrogens with zero attached hydrogens (tertiary/aromatic N) is 3. The molecule has 1 amide bonds. The second kappa shape index (κ2) is 7.07. The summed E-state index contributed by atoms with van der Waals surface area (Å²) >= 11 is 11.8. The summed E-state index contributed by atoms with van der Waals surface area (Å²) in [4.78, 5) is 17.8. The van der Waals surface area contributed by atoms with Crippen LogP contribution >= 0.6 is 23.2 Å². The fraction of sp³-hybridized carbons (Fsp3) is 0.133. The summed E-state index contributed by atoms with van der Waals surface area (Å²) in [7, 11) is 0. The molecule has 106 valence electrons. The Labute approximate surface area is 132 Å². The van der Waals surface area contributed by atoms with E-state index in [1.165, 1.54) is 17.0 Å². The van der Waals surface area contributed by atoms with Crippen molar-refractivity contribution in [1.82, 2.24) is 9.88 Å². The maximum Gasteiger partial charge on any atom is 0.275 e. The smallest absolute Gasteiger partial charge is 0.275 e. The quantitative estimate of drug-likeness (QED) is 0.639. The first-order chi connectivity index (χ1) is 10.1. The van der Waals surface area contributed by atoms with E-state index in [-0.39, 0.29) is 22.4 Å². The van der Waals surface area contributed by atoms with Gasteiger partial charge in [-0.25, -0.2) is 4.98 Å². The van der Waals surface area contributed by atoms with Gasteiger partial charge in [0.05, 0.1) is 11.1 Å². The molecule has 0 unspecified atom stereocenters. The first kappa shape index (κ1) is 15.3. The minimum absolute atomic E-state index is 0.0512. The molecule has 0 saturated carbocycles. The van der Waals surface area contributed by atoms with Gasteiger partial charge >= 0.3 is 0 Å². The molecule has 1 heterocycles. The molecule has 4 nitrogen and oxygen atoms in total. The summed E-state index contributed by atoms with van der Waals surface area (Å²) in [5, 5.41) is 9.30. The van der Waals surface area contributed by atoms with Crippen LogP contribution in [0.3, 0.4) is 0 Å². The molecule has 1 aromatic heterocycles. The van der Waals surface area contributed by atoms with Gasteiger partial charge in [0.15, 0.2) is 0 Å². The van der Waals surface area contributed by atoms with E-state index in [1.54, 1.807) is 0 Å². The van der Waals surface area contributed by atoms with E-state index >= 15 is 0 Å². The molecule has 1 aromatic carbocycles. The number of halogens is 2. The van der Waals surface area contributed by atoms with Crippen molar-refractivity contribution >= 4 is 29.1 Å². The summed E-state index contributed by atoms with van der Waals surface area (Å²) in [6.45, 7) is 0.246. The fourth-order valence-electron chi connectivity index (χ4n) is 1.81. The summed E-state index contributed by atoms with van der Waals surface area (Å²) in [6.07, 6.45) is 0. The number of pyridine rings is 1. The van der Waals surface area contributed by atoms with Crippen LogP contribution in [0.2, 0.25) is 10.2 Å². The summed E-state index contributed by atoms with van der Waals surface area (Å²) in [5.41, 5.74) is 0.967. The minimum atomic E-state index is -0.423. The van der Waals surface area contributed by atoms with Gasteiger partial charge < -0.3 is 4.90 Å². The number of benzene rings is 1. The van der Waals surface area contributed by atoms with Crippen molar-refractivity contribution in [2.75, 3.05) is 6.54 Å². The van der Waals surface area contributed by atoms with Crippen LogP contribution < -0.4 is 0 Å². The largest absolute Gasteiger partial charge is 0.320 e. The maximum atomic E-state index is 12.5. The molecule has 0 aliphatic rings. The molecule has 0 atom stereocenters. The fourth-order valence-corrected chi connectivity index (χ4v) is 2.14. The number of nitriles is 1. The highest BCUT2D eigenvalue weighted by Gasteiger charge is 2.20. The molecule has 0 radical (unpaired) electrons. The number of rotatable bonds is 4. The predicted molar refractivity (Wildman–Crippen MR) is 81.1 cm³/mol. The van der Waals surface area contributed by atoms with Gasteiger partial charge in [-0.15, -0.1) is 0 Å². The Morgan fingerprint density at radius 2 is 1.90 bits per heavy atom. The average Bonchev–Trinajstić information content (AvgIpc) is 2.49. The third-order valence-corrected chi connectivity index (χ3v) is 3.30. The number of aromatic nitrogens is 1. The summed E-state index contributed by atoms with van der Waals surface area (Å²) in [6, 6.07) is 14.4. The Bertz CT molecular complexity index is 683. The molecule has 0 fully saturated rings. The lowest BCUT2D eigenvalue weighted by Crippen LogP contribution is -2.31. The van der Waals surface area contributed by atoms with Crippen LogP contribution in [0.15, 0.2) is 42.5 Å². The summed E-state index contributed by atoms with van der Waals surface area (Å²) in [5.74, 6) is -0.423. The molecule has 2 aromatic rings. The Balaban J connectivity index is 2.27. The molecule has 0 saturated heterocycles. The van der Waals surface area contributed by atoms with E-state index < -0.39 is 5.91 Å². The van der Waals surface area contributed by atoms with Crippen LogP contribution in [-0.2, 0) is 6.54 Å². The van der Waals surface area contributed by atoms with Gasteiger partial charge in [-0.3, -0.25) is 4.79 Å². The van der Waals surface area contributed by atoms with E-state index in [9.17, 15) is 4.79 Å². The second-order valence-corrected chi connectivity index (χ2v) is 5.06. The number of carbonyl (C=O) groups excluding carboxylic acids is 1. The SMILES string of the molecule is N#CCN(Cc1ccccc1)C(=O)c1nc(Cl)ccc1Cl. The highest BCUT2D eigenvalue weighted by molar-refractivity contribution is 6.34. The average molecular weight is 320 g/mol. The van der Waals surface area contributed by atoms with Crippen molar-refractivity contribution in [3.63, 3.8) is 0 Å². The molecule has 0 N–H and O–H groups in total. The van der Waals surface area contributed by atoms with Crippen LogP contribution in [0, 0.1) is 11.3 Å². The molecule has 0 bridgehead atoms. The molecule has 2 rings (SSSR count). The van der Waals surface area contributed by atoms with Gasteiger partial charge in [-0.1, -0.05) is 53.5 Å². The lowest BCUT2D eigenvalue weighted by molar-refractivity contribution is 0.0759. The minimum Gasteiger partial charge on any atom is -0.320 e. The monoisotopic (exact) mass is 319 g/mol. The van der Waals surface area contributed by atoms with Crippen molar-refractivity contribution in [1.29, 1.82) is 5.26 Å². The third-order valence-electron chi connectivity index (χ3n) is 2.78. The first-order valence-corrected chi connectivity index (χ1v) is 6.89. The second-order valence-electron chi connectivity index (χ2n) is 4.27. The first-order valence-electron chi connectivity index (χ1n) is 6.14. The zero-order chi connectivity index (χ0) is 15.2. The Morgan fingerprint density at radius 3 is 2.57 bits per heavy atom. The van der Waals surface area contributed by atoms with E-state index in [1.807, 2.05) is 36.4 Å². The number of amides is 1. The van der Waals surface area contributed by atoms with Crippen molar-refractivity contribution in [2.24, 2.45) is 0 Å². The van der Waals surface area contributed by atoms with Crippen molar-refractivity contribution < 1.29 is 4.79 Å². The Morgan fingerprint density at radius 1 is 1.19 bits per heavy atom. The highest BCUT2D eigenvalue weighted by Crippen LogP contribution is 2.19. The van der Waals surface area contributed by atoms with Crippen LogP contribution in [0.5, 0.6) is 0 Å². The third kappa shape index (κ3) is 3.94. The van der Waals surface area contributed by atoms with Crippen molar-refractivity contribution in [3.05, 3.63) is 63.9 Å². The predicted octanol–water partition coefficient (Wildman–Crippen LogP) is 3.55. The van der Waals surface area contributed by atoms with Crippen LogP contribution in [0.4, 0.5) is 0 Å². The standard InChI is InChI=1S/C15H11Cl2N3O/c16-12-6-7-13(17)19-14(12)15(21)20(9-8-18)10-11-4-2-1-3-5-11/h1-7H,9-10H2. The van der Waals surface area contributed by atoms with Gasteiger partial charge in [0.1, 0.15) is 17.4 Å². The zero-order valence-electron chi connectivity index (χ0n) is 11.0. The lowest BCUT2D eigenvalue weighted by Gasteiger charge is -2.19. The van der Waals surface area contributed by atoms with Crippen LogP contribution in [0.25, 0.3) is 0 Å². The number of hydrogen-bond donors (Lipinski definition) is 0. The van der Waals surface area contributed by atoms with E-state index in [4.69, 9.17) is 28.5 Å². The van der Waals surface area contributed by atoms with E-state index in [0.717, 1.165) is 5.56 Å². The molecular formula is C15H11Cl2N3O. The van der Waals surface area contributed by atoms with Crippen LogP contribution in [-0.4, -0.2) is 22.3 Å². The molecule has 21 heavy (non-hydrogen) atoms. The van der Waals surface area contributed by atoms with Gasteiger partial charge in [-0.2, -0.15) is 5.26 Å². The normalized spacial score (nSPS) is 9.95. The van der Waals surface area contributed by atoms with Gasteiger partial charge in [-0.05, 0) is 17.7 Å². The molecule has 0 spiro atoms. The number of hydrogen-bond acceptors (Lipinski definition) is 3. The van der Waals surface area contributed by atoms with Crippen molar-refractivity contribution in [2.45, 2.75) is 6.54 Å². The van der Waals surface area contributed by atoms with Gasteiger partial charge in [0.25, 0.3) is 5.91 Å². The maximum absolute atomic E-state index is 12.5.